The van der Waals surface area contributed by atoms with Crippen LogP contribution in [0.2, 0.25) is 5.02 Å². The summed E-state index contributed by atoms with van der Waals surface area (Å²) in [5.74, 6) is 0.420. The molecule has 0 radical (unpaired) electrons. The van der Waals surface area contributed by atoms with E-state index in [-0.39, 0.29) is 35.2 Å². The summed E-state index contributed by atoms with van der Waals surface area (Å²) in [6.45, 7) is 1.56. The number of likely N-dealkylation sites (N-methyl/N-ethyl adjacent to an activating group) is 1. The Balaban J connectivity index is 1.18. The highest BCUT2D eigenvalue weighted by Crippen LogP contribution is 2.29. The van der Waals surface area contributed by atoms with Crippen molar-refractivity contribution in [3.63, 3.8) is 0 Å². The number of benzene rings is 3. The molecule has 6 rings (SSSR count). The molecular formula is C36H33ClN4O4. The number of pyridine rings is 2. The van der Waals surface area contributed by atoms with Gasteiger partial charge >= 0.3 is 6.09 Å². The zero-order valence-corrected chi connectivity index (χ0v) is 25.7. The number of rotatable bonds is 9. The predicted molar refractivity (Wildman–Crippen MR) is 174 cm³/mol. The molecule has 2 amide bonds. The number of nitrogens with zero attached hydrogens (tertiary/aromatic N) is 4. The fraction of sp³-hybridized carbons (Fsp3) is 0.222. The molecule has 1 fully saturated rings. The van der Waals surface area contributed by atoms with Crippen LogP contribution in [0.3, 0.4) is 0 Å². The number of aromatic nitrogens is 2. The first-order valence-electron chi connectivity index (χ1n) is 14.9. The van der Waals surface area contributed by atoms with Gasteiger partial charge in [0, 0.05) is 31.9 Å². The fourth-order valence-corrected chi connectivity index (χ4v) is 5.77. The highest BCUT2D eigenvalue weighted by molar-refractivity contribution is 6.35. The number of carbonyl (C=O) groups is 2. The quantitative estimate of drug-likeness (QED) is 0.171. The van der Waals surface area contributed by atoms with Crippen LogP contribution in [0, 0.1) is 0 Å². The minimum absolute atomic E-state index is 0.170. The molecule has 0 bridgehead atoms. The van der Waals surface area contributed by atoms with Gasteiger partial charge in [0.2, 0.25) is 0 Å². The van der Waals surface area contributed by atoms with E-state index in [0.29, 0.717) is 42.2 Å². The van der Waals surface area contributed by atoms with Gasteiger partial charge in [0.05, 0.1) is 27.8 Å². The molecule has 1 saturated heterocycles. The second-order valence-electron chi connectivity index (χ2n) is 11.1. The van der Waals surface area contributed by atoms with Gasteiger partial charge in [0.1, 0.15) is 24.5 Å². The standard InChI is InChI=1S/C36H33ClN4O4/c1-40(22-28-15-9-19-41(28)36(43)45-24-26-12-6-3-7-13-26)35(42)33-30(37)21-38-32-18-17-31(39-34(32)33)27-14-8-16-29(20-27)44-23-25-10-4-2-5-11-25/h2-8,10-14,16-18,20-21,28H,9,15,19,22-24H2,1H3/t28-/m0/s1. The van der Waals surface area contributed by atoms with E-state index in [1.165, 1.54) is 6.20 Å². The minimum atomic E-state index is -0.379. The van der Waals surface area contributed by atoms with Gasteiger partial charge in [0.25, 0.3) is 5.91 Å². The smallest absolute Gasteiger partial charge is 0.410 e. The average Bonchev–Trinajstić information content (AvgIpc) is 3.55. The molecule has 0 N–H and O–H groups in total. The van der Waals surface area contributed by atoms with Gasteiger partial charge in [-0.25, -0.2) is 9.78 Å². The van der Waals surface area contributed by atoms with Crippen molar-refractivity contribution in [1.82, 2.24) is 19.8 Å². The Labute approximate surface area is 267 Å². The number of ether oxygens (including phenoxy) is 2. The molecular weight excluding hydrogens is 588 g/mol. The monoisotopic (exact) mass is 620 g/mol. The van der Waals surface area contributed by atoms with Gasteiger partial charge in [-0.05, 0) is 48.2 Å². The summed E-state index contributed by atoms with van der Waals surface area (Å²) in [7, 11) is 1.72. The number of likely N-dealkylation sites (tertiary alicyclic amines) is 1. The van der Waals surface area contributed by atoms with E-state index in [1.54, 1.807) is 16.8 Å². The Hall–Kier alpha value is -4.95. The zero-order chi connectivity index (χ0) is 31.2. The molecule has 5 aromatic rings. The summed E-state index contributed by atoms with van der Waals surface area (Å²) in [5.41, 5.74) is 4.75. The number of hydrogen-bond acceptors (Lipinski definition) is 6. The summed E-state index contributed by atoms with van der Waals surface area (Å²) in [4.78, 5) is 39.4. The molecule has 0 aliphatic carbocycles. The van der Waals surface area contributed by atoms with Crippen molar-refractivity contribution in [2.24, 2.45) is 0 Å². The molecule has 3 heterocycles. The first-order valence-corrected chi connectivity index (χ1v) is 15.3. The van der Waals surface area contributed by atoms with E-state index in [0.717, 1.165) is 29.5 Å². The lowest BCUT2D eigenvalue weighted by molar-refractivity contribution is 0.0692. The van der Waals surface area contributed by atoms with Crippen LogP contribution in [0.25, 0.3) is 22.3 Å². The van der Waals surface area contributed by atoms with Gasteiger partial charge in [-0.3, -0.25) is 9.78 Å². The number of amides is 2. The van der Waals surface area contributed by atoms with E-state index < -0.39 is 0 Å². The Morgan fingerprint density at radius 1 is 0.933 bits per heavy atom. The normalized spacial score (nSPS) is 14.4. The molecule has 8 nitrogen and oxygen atoms in total. The van der Waals surface area contributed by atoms with E-state index in [4.69, 9.17) is 26.1 Å². The van der Waals surface area contributed by atoms with Crippen LogP contribution >= 0.6 is 11.6 Å². The van der Waals surface area contributed by atoms with E-state index >= 15 is 0 Å². The maximum absolute atomic E-state index is 13.9. The Morgan fingerprint density at radius 2 is 1.67 bits per heavy atom. The summed E-state index contributed by atoms with van der Waals surface area (Å²) in [6.07, 6.45) is 2.71. The molecule has 45 heavy (non-hydrogen) atoms. The van der Waals surface area contributed by atoms with Crippen molar-refractivity contribution >= 4 is 34.6 Å². The Bertz CT molecular complexity index is 1800. The molecule has 1 atom stereocenters. The number of carbonyl (C=O) groups excluding carboxylic acids is 2. The molecule has 228 valence electrons. The highest BCUT2D eigenvalue weighted by Gasteiger charge is 2.32. The Morgan fingerprint density at radius 3 is 2.42 bits per heavy atom. The third kappa shape index (κ3) is 7.07. The third-order valence-electron chi connectivity index (χ3n) is 7.91. The number of halogens is 1. The van der Waals surface area contributed by atoms with Gasteiger partial charge in [-0.2, -0.15) is 0 Å². The first kappa shape index (κ1) is 30.1. The number of fused-ring (bicyclic) bond motifs is 1. The van der Waals surface area contributed by atoms with Crippen LogP contribution in [0.5, 0.6) is 5.75 Å². The van der Waals surface area contributed by atoms with Crippen LogP contribution in [0.15, 0.2) is 103 Å². The summed E-state index contributed by atoms with van der Waals surface area (Å²) in [5, 5.41) is 0.217. The third-order valence-corrected chi connectivity index (χ3v) is 8.19. The zero-order valence-electron chi connectivity index (χ0n) is 24.9. The van der Waals surface area contributed by atoms with Gasteiger partial charge in [0.15, 0.2) is 0 Å². The van der Waals surface area contributed by atoms with Crippen LogP contribution in [0.4, 0.5) is 4.79 Å². The molecule has 1 aliphatic heterocycles. The number of hydrogen-bond donors (Lipinski definition) is 0. The maximum atomic E-state index is 13.9. The molecule has 3 aromatic carbocycles. The van der Waals surface area contributed by atoms with Crippen LogP contribution < -0.4 is 4.74 Å². The second-order valence-corrected chi connectivity index (χ2v) is 11.5. The Kier molecular flexibility index (Phi) is 9.22. The minimum Gasteiger partial charge on any atom is -0.489 e. The van der Waals surface area contributed by atoms with Crippen molar-refractivity contribution in [2.75, 3.05) is 20.1 Å². The summed E-state index contributed by atoms with van der Waals surface area (Å²) in [6, 6.07) is 30.8. The lowest BCUT2D eigenvalue weighted by Gasteiger charge is -2.28. The molecule has 0 unspecified atom stereocenters. The van der Waals surface area contributed by atoms with E-state index in [9.17, 15) is 9.59 Å². The van der Waals surface area contributed by atoms with Gasteiger partial charge < -0.3 is 19.3 Å². The van der Waals surface area contributed by atoms with Crippen molar-refractivity contribution in [1.29, 1.82) is 0 Å². The van der Waals surface area contributed by atoms with Gasteiger partial charge in [-0.15, -0.1) is 0 Å². The lowest BCUT2D eigenvalue weighted by Crippen LogP contribution is -2.44. The molecule has 9 heteroatoms. The first-order chi connectivity index (χ1) is 22.0. The lowest BCUT2D eigenvalue weighted by atomic mass is 10.1. The van der Waals surface area contributed by atoms with Crippen molar-refractivity contribution in [3.8, 4) is 17.0 Å². The summed E-state index contributed by atoms with van der Waals surface area (Å²) >= 11 is 6.61. The molecule has 0 saturated carbocycles. The van der Waals surface area contributed by atoms with E-state index in [1.807, 2.05) is 97.1 Å². The topological polar surface area (TPSA) is 84.9 Å². The maximum Gasteiger partial charge on any atom is 0.410 e. The van der Waals surface area contributed by atoms with Gasteiger partial charge in [-0.1, -0.05) is 84.4 Å². The second kappa shape index (κ2) is 13.8. The molecule has 0 spiro atoms. The molecule has 1 aliphatic rings. The van der Waals surface area contributed by atoms with Crippen LogP contribution in [0.1, 0.15) is 34.3 Å². The highest BCUT2D eigenvalue weighted by atomic mass is 35.5. The van der Waals surface area contributed by atoms with Crippen molar-refractivity contribution < 1.29 is 19.1 Å². The van der Waals surface area contributed by atoms with E-state index in [2.05, 4.69) is 4.98 Å². The SMILES string of the molecule is CN(C[C@@H]1CCCN1C(=O)OCc1ccccc1)C(=O)c1c(Cl)cnc2ccc(-c3cccc(OCc4ccccc4)c3)nc12. The van der Waals surface area contributed by atoms with Crippen molar-refractivity contribution in [2.45, 2.75) is 32.1 Å². The van der Waals surface area contributed by atoms with Crippen molar-refractivity contribution in [3.05, 3.63) is 125 Å². The predicted octanol–water partition coefficient (Wildman–Crippen LogP) is 7.40. The largest absolute Gasteiger partial charge is 0.489 e. The fourth-order valence-electron chi connectivity index (χ4n) is 5.55. The van der Waals surface area contributed by atoms with Crippen LogP contribution in [-0.2, 0) is 18.0 Å². The molecule has 2 aromatic heterocycles. The summed E-state index contributed by atoms with van der Waals surface area (Å²) < 4.78 is 11.6. The average molecular weight is 621 g/mol. The van der Waals surface area contributed by atoms with Crippen LogP contribution in [-0.4, -0.2) is 57.9 Å².